The molecular formula is C13H16N4O. The summed E-state index contributed by atoms with van der Waals surface area (Å²) in [5.41, 5.74) is 2.59. The van der Waals surface area contributed by atoms with Crippen molar-refractivity contribution in [2.24, 2.45) is 7.05 Å². The Balaban J connectivity index is 2.85. The molecule has 0 aromatic carbocycles. The summed E-state index contributed by atoms with van der Waals surface area (Å²) in [5, 5.41) is 17.3. The molecule has 0 fully saturated rings. The summed E-state index contributed by atoms with van der Waals surface area (Å²) in [6, 6.07) is 5.76. The molecule has 1 aromatic rings. The SMILES string of the molecule is Cc1cc(C(=O)CN(CC#N)CC#N)c(C)n1C. The second-order valence-corrected chi connectivity index (χ2v) is 4.23. The molecule has 0 spiro atoms. The molecular weight excluding hydrogens is 228 g/mol. The maximum Gasteiger partial charge on any atom is 0.178 e. The van der Waals surface area contributed by atoms with Crippen LogP contribution in [-0.2, 0) is 7.05 Å². The molecule has 0 saturated heterocycles. The van der Waals surface area contributed by atoms with Crippen molar-refractivity contribution < 1.29 is 4.79 Å². The van der Waals surface area contributed by atoms with Gasteiger partial charge in [-0.25, -0.2) is 0 Å². The Morgan fingerprint density at radius 3 is 2.28 bits per heavy atom. The molecule has 0 radical (unpaired) electrons. The average molecular weight is 244 g/mol. The third-order valence-electron chi connectivity index (χ3n) is 3.03. The number of hydrogen-bond donors (Lipinski definition) is 0. The van der Waals surface area contributed by atoms with E-state index in [4.69, 9.17) is 10.5 Å². The molecule has 5 heteroatoms. The average Bonchev–Trinajstić information content (AvgIpc) is 2.58. The molecule has 1 aromatic heterocycles. The lowest BCUT2D eigenvalue weighted by molar-refractivity contribution is 0.0945. The minimum atomic E-state index is -0.0540. The number of Topliss-reactive ketones (excluding diaryl/α,β-unsaturated/α-hetero) is 1. The van der Waals surface area contributed by atoms with Crippen molar-refractivity contribution in [1.82, 2.24) is 9.47 Å². The Morgan fingerprint density at radius 1 is 1.33 bits per heavy atom. The molecule has 1 heterocycles. The second-order valence-electron chi connectivity index (χ2n) is 4.23. The number of nitrogens with zero attached hydrogens (tertiary/aromatic N) is 4. The van der Waals surface area contributed by atoms with Gasteiger partial charge in [-0.05, 0) is 19.9 Å². The van der Waals surface area contributed by atoms with Gasteiger partial charge in [0.15, 0.2) is 5.78 Å². The van der Waals surface area contributed by atoms with Gasteiger partial charge in [0.2, 0.25) is 0 Å². The fourth-order valence-electron chi connectivity index (χ4n) is 1.79. The summed E-state index contributed by atoms with van der Waals surface area (Å²) < 4.78 is 1.95. The molecule has 1 rings (SSSR count). The van der Waals surface area contributed by atoms with Gasteiger partial charge in [-0.3, -0.25) is 9.69 Å². The first-order valence-electron chi connectivity index (χ1n) is 5.63. The van der Waals surface area contributed by atoms with Crippen molar-refractivity contribution in [3.8, 4) is 12.1 Å². The van der Waals surface area contributed by atoms with Crippen LogP contribution in [0.2, 0.25) is 0 Å². The Labute approximate surface area is 107 Å². The van der Waals surface area contributed by atoms with E-state index >= 15 is 0 Å². The minimum Gasteiger partial charge on any atom is -0.351 e. The van der Waals surface area contributed by atoms with Gasteiger partial charge >= 0.3 is 0 Å². The third kappa shape index (κ3) is 2.97. The number of aromatic nitrogens is 1. The summed E-state index contributed by atoms with van der Waals surface area (Å²) in [6.07, 6.45) is 0. The van der Waals surface area contributed by atoms with Crippen LogP contribution in [0.5, 0.6) is 0 Å². The van der Waals surface area contributed by atoms with Gasteiger partial charge in [0, 0.05) is 24.0 Å². The van der Waals surface area contributed by atoms with Crippen LogP contribution in [-0.4, -0.2) is 34.9 Å². The zero-order chi connectivity index (χ0) is 13.7. The maximum atomic E-state index is 12.1. The lowest BCUT2D eigenvalue weighted by Gasteiger charge is -2.13. The first-order chi connectivity index (χ1) is 8.51. The first kappa shape index (κ1) is 14.0. The minimum absolute atomic E-state index is 0.0540. The van der Waals surface area contributed by atoms with E-state index in [2.05, 4.69) is 0 Å². The predicted molar refractivity (Wildman–Crippen MR) is 66.9 cm³/mol. The van der Waals surface area contributed by atoms with Crippen LogP contribution in [0.3, 0.4) is 0 Å². The largest absolute Gasteiger partial charge is 0.351 e. The van der Waals surface area contributed by atoms with Crippen LogP contribution in [0.15, 0.2) is 6.07 Å². The molecule has 5 nitrogen and oxygen atoms in total. The Kier molecular flexibility index (Phi) is 4.65. The number of ketones is 1. The highest BCUT2D eigenvalue weighted by Gasteiger charge is 2.17. The van der Waals surface area contributed by atoms with Gasteiger partial charge in [0.05, 0.1) is 31.8 Å². The number of nitriles is 2. The first-order valence-corrected chi connectivity index (χ1v) is 5.63. The molecule has 0 N–H and O–H groups in total. The third-order valence-corrected chi connectivity index (χ3v) is 3.03. The van der Waals surface area contributed by atoms with E-state index in [0.717, 1.165) is 11.4 Å². The molecule has 0 unspecified atom stereocenters. The molecule has 0 aliphatic carbocycles. The van der Waals surface area contributed by atoms with Crippen molar-refractivity contribution in [2.75, 3.05) is 19.6 Å². The van der Waals surface area contributed by atoms with E-state index < -0.39 is 0 Å². The van der Waals surface area contributed by atoms with Gasteiger partial charge < -0.3 is 4.57 Å². The Hall–Kier alpha value is -2.11. The number of aryl methyl sites for hydroxylation is 1. The molecule has 0 bridgehead atoms. The van der Waals surface area contributed by atoms with Gasteiger partial charge in [-0.15, -0.1) is 0 Å². The molecule has 0 aliphatic rings. The molecule has 0 saturated carbocycles. The van der Waals surface area contributed by atoms with Crippen LogP contribution in [0.4, 0.5) is 0 Å². The van der Waals surface area contributed by atoms with Crippen molar-refractivity contribution >= 4 is 5.78 Å². The summed E-state index contributed by atoms with van der Waals surface area (Å²) >= 11 is 0. The number of hydrogen-bond acceptors (Lipinski definition) is 4. The van der Waals surface area contributed by atoms with Gasteiger partial charge in [-0.2, -0.15) is 10.5 Å². The fourth-order valence-corrected chi connectivity index (χ4v) is 1.79. The lowest BCUT2D eigenvalue weighted by Crippen LogP contribution is -2.30. The number of carbonyl (C=O) groups excluding carboxylic acids is 1. The monoisotopic (exact) mass is 244 g/mol. The maximum absolute atomic E-state index is 12.1. The number of rotatable bonds is 5. The van der Waals surface area contributed by atoms with E-state index in [1.165, 1.54) is 4.90 Å². The van der Waals surface area contributed by atoms with Crippen molar-refractivity contribution in [3.05, 3.63) is 23.0 Å². The van der Waals surface area contributed by atoms with E-state index in [-0.39, 0.29) is 25.4 Å². The van der Waals surface area contributed by atoms with Gasteiger partial charge in [-0.1, -0.05) is 0 Å². The van der Waals surface area contributed by atoms with Crippen molar-refractivity contribution in [2.45, 2.75) is 13.8 Å². The van der Waals surface area contributed by atoms with Crippen LogP contribution in [0.1, 0.15) is 21.7 Å². The highest BCUT2D eigenvalue weighted by atomic mass is 16.1. The van der Waals surface area contributed by atoms with Crippen molar-refractivity contribution in [1.29, 1.82) is 10.5 Å². The van der Waals surface area contributed by atoms with E-state index in [1.54, 1.807) is 0 Å². The van der Waals surface area contributed by atoms with Crippen molar-refractivity contribution in [3.63, 3.8) is 0 Å². The number of carbonyl (C=O) groups is 1. The standard InChI is InChI=1S/C13H16N4O/c1-10-8-12(11(2)16(10)3)13(18)9-17(6-4-14)7-5-15/h8H,6-7,9H2,1-3H3. The van der Waals surface area contributed by atoms with Crippen LogP contribution < -0.4 is 0 Å². The predicted octanol–water partition coefficient (Wildman–Crippen LogP) is 1.17. The summed E-state index contributed by atoms with van der Waals surface area (Å²) in [7, 11) is 1.91. The van der Waals surface area contributed by atoms with Crippen LogP contribution in [0.25, 0.3) is 0 Å². The zero-order valence-electron chi connectivity index (χ0n) is 10.9. The fraction of sp³-hybridized carbons (Fsp3) is 0.462. The molecule has 18 heavy (non-hydrogen) atoms. The second kappa shape index (κ2) is 6.00. The zero-order valence-corrected chi connectivity index (χ0v) is 10.9. The van der Waals surface area contributed by atoms with Gasteiger partial charge in [0.1, 0.15) is 0 Å². The Morgan fingerprint density at radius 2 is 1.89 bits per heavy atom. The molecule has 0 amide bonds. The lowest BCUT2D eigenvalue weighted by atomic mass is 10.1. The van der Waals surface area contributed by atoms with E-state index in [9.17, 15) is 4.79 Å². The summed E-state index contributed by atoms with van der Waals surface area (Å²) in [5.74, 6) is -0.0540. The highest BCUT2D eigenvalue weighted by Crippen LogP contribution is 2.14. The van der Waals surface area contributed by atoms with Crippen LogP contribution >= 0.6 is 0 Å². The molecule has 94 valence electrons. The smallest absolute Gasteiger partial charge is 0.178 e. The van der Waals surface area contributed by atoms with Gasteiger partial charge in [0.25, 0.3) is 0 Å². The topological polar surface area (TPSA) is 72.8 Å². The van der Waals surface area contributed by atoms with E-state index in [0.29, 0.717) is 5.56 Å². The highest BCUT2D eigenvalue weighted by molar-refractivity contribution is 5.99. The van der Waals surface area contributed by atoms with Crippen LogP contribution in [0, 0.1) is 36.5 Å². The summed E-state index contributed by atoms with van der Waals surface area (Å²) in [6.45, 7) is 4.10. The normalized spacial score (nSPS) is 10.1. The quantitative estimate of drug-likeness (QED) is 0.575. The van der Waals surface area contributed by atoms with E-state index in [1.807, 2.05) is 43.7 Å². The molecule has 0 atom stereocenters. The molecule has 0 aliphatic heterocycles. The summed E-state index contributed by atoms with van der Waals surface area (Å²) in [4.78, 5) is 13.6. The Bertz CT molecular complexity index is 514.